The molecule has 4 aromatic carbocycles. The molecule has 0 aliphatic carbocycles. The van der Waals surface area contributed by atoms with Crippen LogP contribution in [-0.4, -0.2) is 0 Å². The lowest BCUT2D eigenvalue weighted by atomic mass is 9.82. The average Bonchev–Trinajstić information content (AvgIpc) is 3.22. The van der Waals surface area contributed by atoms with E-state index in [-0.39, 0.29) is 10.8 Å². The Morgan fingerprint density at radius 3 is 2.08 bits per heavy atom. The molecule has 6 aromatic rings. The van der Waals surface area contributed by atoms with Gasteiger partial charge in [0.15, 0.2) is 5.69 Å². The number of fused-ring (bicyclic) bond motifs is 6. The lowest BCUT2D eigenvalue weighted by Crippen LogP contribution is -2.36. The van der Waals surface area contributed by atoms with E-state index in [0.29, 0.717) is 0 Å². The summed E-state index contributed by atoms with van der Waals surface area (Å²) >= 11 is 1.94. The van der Waals surface area contributed by atoms with Crippen molar-refractivity contribution >= 4 is 53.2 Å². The second-order valence-electron chi connectivity index (χ2n) is 13.2. The Labute approximate surface area is 230 Å². The van der Waals surface area contributed by atoms with Gasteiger partial charge in [-0.25, -0.2) is 0 Å². The number of hydrogen-bond acceptors (Lipinski definition) is 1. The van der Waals surface area contributed by atoms with Gasteiger partial charge in [-0.3, -0.25) is 0 Å². The lowest BCUT2D eigenvalue weighted by molar-refractivity contribution is -0.572. The molecular formula is C36H38NS+. The fourth-order valence-corrected chi connectivity index (χ4v) is 7.48. The van der Waals surface area contributed by atoms with Crippen LogP contribution in [0.3, 0.4) is 0 Å². The van der Waals surface area contributed by atoms with Crippen molar-refractivity contribution in [1.82, 2.24) is 0 Å². The quantitative estimate of drug-likeness (QED) is 0.202. The number of pyridine rings is 1. The van der Waals surface area contributed by atoms with Gasteiger partial charge in [0, 0.05) is 34.7 Å². The summed E-state index contributed by atoms with van der Waals surface area (Å²) in [5.74, 6) is 0. The molecule has 6 rings (SSSR count). The number of thiophene rings is 1. The highest BCUT2D eigenvalue weighted by Gasteiger charge is 2.27. The summed E-state index contributed by atoms with van der Waals surface area (Å²) in [4.78, 5) is 1.32. The molecule has 1 nitrogen and oxygen atoms in total. The van der Waals surface area contributed by atoms with Gasteiger partial charge in [0.1, 0.15) is 0 Å². The molecule has 0 radical (unpaired) electrons. The van der Waals surface area contributed by atoms with Crippen molar-refractivity contribution in [1.29, 1.82) is 0 Å². The molecule has 38 heavy (non-hydrogen) atoms. The molecule has 0 aliphatic heterocycles. The zero-order valence-electron chi connectivity index (χ0n) is 24.0. The molecule has 0 fully saturated rings. The predicted octanol–water partition coefficient (Wildman–Crippen LogP) is 10.1. The van der Waals surface area contributed by atoms with Crippen LogP contribution in [0.5, 0.6) is 0 Å². The van der Waals surface area contributed by atoms with Gasteiger partial charge < -0.3 is 0 Å². The number of nitrogens with zero attached hydrogens (tertiary/aromatic N) is 1. The van der Waals surface area contributed by atoms with Crippen LogP contribution in [0.1, 0.15) is 63.9 Å². The Morgan fingerprint density at radius 2 is 1.37 bits per heavy atom. The number of benzene rings is 4. The van der Waals surface area contributed by atoms with Crippen molar-refractivity contribution in [3.8, 4) is 5.69 Å². The van der Waals surface area contributed by atoms with Gasteiger partial charge in [-0.1, -0.05) is 107 Å². The SMILES string of the molecule is Cc1c(-[n+]2c(C)ccc3c4ccc5cc(CC(C)(C)C)ccc5c4sc32)cc(C(C)(C)C)c2ccccc12. The minimum Gasteiger partial charge on any atom is -0.148 e. The topological polar surface area (TPSA) is 3.88 Å². The van der Waals surface area contributed by atoms with Crippen LogP contribution in [-0.2, 0) is 11.8 Å². The zero-order chi connectivity index (χ0) is 27.0. The highest BCUT2D eigenvalue weighted by Crippen LogP contribution is 2.40. The molecular weight excluding hydrogens is 478 g/mol. The van der Waals surface area contributed by atoms with Crippen molar-refractivity contribution in [2.75, 3.05) is 0 Å². The minimum atomic E-state index is 0.0472. The molecule has 0 unspecified atom stereocenters. The summed E-state index contributed by atoms with van der Waals surface area (Å²) in [6, 6.07) is 27.7. The van der Waals surface area contributed by atoms with Crippen LogP contribution in [0, 0.1) is 19.3 Å². The molecule has 2 heteroatoms. The first-order valence-corrected chi connectivity index (χ1v) is 14.6. The maximum atomic E-state index is 2.51. The summed E-state index contributed by atoms with van der Waals surface area (Å²) in [6.45, 7) is 18.4. The molecule has 0 saturated carbocycles. The second-order valence-corrected chi connectivity index (χ2v) is 14.2. The van der Waals surface area contributed by atoms with Crippen molar-refractivity contribution in [2.45, 2.75) is 67.2 Å². The Hall–Kier alpha value is -3.23. The minimum absolute atomic E-state index is 0.0472. The van der Waals surface area contributed by atoms with E-state index in [2.05, 4.69) is 133 Å². The Kier molecular flexibility index (Phi) is 5.70. The van der Waals surface area contributed by atoms with E-state index in [4.69, 9.17) is 0 Å². The maximum Gasteiger partial charge on any atom is 0.276 e. The third-order valence-corrected chi connectivity index (χ3v) is 9.11. The van der Waals surface area contributed by atoms with Gasteiger partial charge in [0.05, 0.1) is 5.39 Å². The highest BCUT2D eigenvalue weighted by atomic mass is 32.1. The van der Waals surface area contributed by atoms with Gasteiger partial charge in [-0.2, -0.15) is 0 Å². The van der Waals surface area contributed by atoms with E-state index in [9.17, 15) is 0 Å². The van der Waals surface area contributed by atoms with Crippen molar-refractivity contribution in [3.05, 3.63) is 95.2 Å². The van der Waals surface area contributed by atoms with Crippen LogP contribution < -0.4 is 4.57 Å². The summed E-state index contributed by atoms with van der Waals surface area (Å²) in [5, 5.41) is 8.09. The standard InChI is InChI=1S/C36H38NS/c1-22-13-16-30-29-18-15-25-19-24(21-35(3,4)5)14-17-27(25)33(29)38-34(30)37(22)32-20-31(36(6,7)8)28-12-10-9-11-26(28)23(32)2/h9-20H,21H2,1-8H3/q+1. The molecule has 2 heterocycles. The number of rotatable bonds is 2. The second kappa shape index (κ2) is 8.64. The van der Waals surface area contributed by atoms with Crippen LogP contribution in [0.2, 0.25) is 0 Å². The fourth-order valence-electron chi connectivity index (χ4n) is 6.09. The van der Waals surface area contributed by atoms with Crippen LogP contribution in [0.15, 0.2) is 72.8 Å². The first kappa shape index (κ1) is 25.1. The third kappa shape index (κ3) is 4.10. The monoisotopic (exact) mass is 516 g/mol. The molecule has 0 aliphatic rings. The summed E-state index contributed by atoms with van der Waals surface area (Å²) in [7, 11) is 0. The normalized spacial score (nSPS) is 12.8. The van der Waals surface area contributed by atoms with E-state index in [1.807, 2.05) is 11.3 Å². The average molecular weight is 517 g/mol. The zero-order valence-corrected chi connectivity index (χ0v) is 24.8. The van der Waals surface area contributed by atoms with Gasteiger partial charge >= 0.3 is 0 Å². The van der Waals surface area contributed by atoms with Gasteiger partial charge in [0.2, 0.25) is 5.69 Å². The number of aryl methyl sites for hydroxylation is 2. The van der Waals surface area contributed by atoms with E-state index in [1.165, 1.54) is 69.9 Å². The molecule has 0 atom stereocenters. The molecule has 0 saturated heterocycles. The molecule has 2 aromatic heterocycles. The predicted molar refractivity (Wildman–Crippen MR) is 167 cm³/mol. The summed E-state index contributed by atoms with van der Waals surface area (Å²) < 4.78 is 3.89. The highest BCUT2D eigenvalue weighted by molar-refractivity contribution is 7.26. The summed E-state index contributed by atoms with van der Waals surface area (Å²) in [5.41, 5.74) is 7.03. The van der Waals surface area contributed by atoms with Crippen molar-refractivity contribution < 1.29 is 4.57 Å². The summed E-state index contributed by atoms with van der Waals surface area (Å²) in [6.07, 6.45) is 1.09. The molecule has 192 valence electrons. The first-order valence-electron chi connectivity index (χ1n) is 13.8. The largest absolute Gasteiger partial charge is 0.276 e. The van der Waals surface area contributed by atoms with Crippen LogP contribution >= 0.6 is 11.3 Å². The van der Waals surface area contributed by atoms with E-state index < -0.39 is 0 Å². The van der Waals surface area contributed by atoms with Gasteiger partial charge in [0.25, 0.3) is 4.83 Å². The Balaban J connectivity index is 1.66. The Bertz CT molecular complexity index is 1870. The van der Waals surface area contributed by atoms with Gasteiger partial charge in [-0.15, -0.1) is 4.57 Å². The first-order chi connectivity index (χ1) is 17.9. The van der Waals surface area contributed by atoms with Crippen molar-refractivity contribution in [3.63, 3.8) is 0 Å². The van der Waals surface area contributed by atoms with E-state index in [1.54, 1.807) is 0 Å². The molecule has 0 amide bonds. The van der Waals surface area contributed by atoms with Crippen LogP contribution in [0.25, 0.3) is 47.5 Å². The molecule has 0 N–H and O–H groups in total. The van der Waals surface area contributed by atoms with E-state index in [0.717, 1.165) is 6.42 Å². The maximum absolute atomic E-state index is 2.51. The smallest absolute Gasteiger partial charge is 0.148 e. The third-order valence-electron chi connectivity index (χ3n) is 7.87. The number of aromatic nitrogens is 1. The molecule has 0 bridgehead atoms. The number of hydrogen-bond donors (Lipinski definition) is 0. The molecule has 0 spiro atoms. The van der Waals surface area contributed by atoms with Crippen molar-refractivity contribution in [2.24, 2.45) is 5.41 Å². The van der Waals surface area contributed by atoms with E-state index >= 15 is 0 Å². The van der Waals surface area contributed by atoms with Gasteiger partial charge in [-0.05, 0) is 62.9 Å². The Morgan fingerprint density at radius 1 is 0.684 bits per heavy atom. The lowest BCUT2D eigenvalue weighted by Gasteiger charge is -2.23. The fraction of sp³-hybridized carbons (Fsp3) is 0.306. The van der Waals surface area contributed by atoms with Crippen LogP contribution in [0.4, 0.5) is 0 Å².